The molecule has 0 aliphatic carbocycles. The topological polar surface area (TPSA) is 74.9 Å². The number of aromatic amines is 1. The molecule has 2 aromatic heterocycles. The Morgan fingerprint density at radius 2 is 2.06 bits per heavy atom. The predicted molar refractivity (Wildman–Crippen MR) is 65.0 cm³/mol. The number of oxazole rings is 1. The molecule has 2 N–H and O–H groups in total. The van der Waals surface area contributed by atoms with Gasteiger partial charge in [-0.1, -0.05) is 0 Å². The lowest BCUT2D eigenvalue weighted by molar-refractivity contribution is 0.475. The standard InChI is InChI=1S/C13H11N3O2/c17-11-3-1-9(2-4-11)13-16-10(8-18-13)7-12-14-5-6-15-12/h1-6,8,17H,7H2,(H,14,15). The zero-order chi connectivity index (χ0) is 12.4. The molecule has 0 amide bonds. The van der Waals surface area contributed by atoms with Crippen LogP contribution in [0.4, 0.5) is 0 Å². The largest absolute Gasteiger partial charge is 0.508 e. The molecule has 5 heteroatoms. The van der Waals surface area contributed by atoms with E-state index in [4.69, 9.17) is 4.42 Å². The third-order valence-corrected chi connectivity index (χ3v) is 2.57. The van der Waals surface area contributed by atoms with Crippen LogP contribution >= 0.6 is 0 Å². The second-order valence-corrected chi connectivity index (χ2v) is 3.90. The van der Waals surface area contributed by atoms with Gasteiger partial charge in [-0.15, -0.1) is 0 Å². The number of nitrogens with one attached hydrogen (secondary N) is 1. The van der Waals surface area contributed by atoms with E-state index in [2.05, 4.69) is 15.0 Å². The van der Waals surface area contributed by atoms with E-state index in [1.807, 2.05) is 0 Å². The Morgan fingerprint density at radius 3 is 2.78 bits per heavy atom. The SMILES string of the molecule is Oc1ccc(-c2nc(Cc3ncc[nH]3)co2)cc1. The maximum Gasteiger partial charge on any atom is 0.226 e. The van der Waals surface area contributed by atoms with Crippen molar-refractivity contribution in [3.63, 3.8) is 0 Å². The summed E-state index contributed by atoms with van der Waals surface area (Å²) < 4.78 is 5.40. The highest BCUT2D eigenvalue weighted by Crippen LogP contribution is 2.21. The summed E-state index contributed by atoms with van der Waals surface area (Å²) >= 11 is 0. The molecule has 0 radical (unpaired) electrons. The zero-order valence-corrected chi connectivity index (χ0v) is 9.50. The Morgan fingerprint density at radius 1 is 1.22 bits per heavy atom. The van der Waals surface area contributed by atoms with Gasteiger partial charge >= 0.3 is 0 Å². The van der Waals surface area contributed by atoms with Crippen molar-refractivity contribution in [2.24, 2.45) is 0 Å². The van der Waals surface area contributed by atoms with Crippen LogP contribution in [0.1, 0.15) is 11.5 Å². The van der Waals surface area contributed by atoms with Crippen LogP contribution in [0.25, 0.3) is 11.5 Å². The normalized spacial score (nSPS) is 10.7. The van der Waals surface area contributed by atoms with Crippen LogP contribution in [0.2, 0.25) is 0 Å². The Bertz CT molecular complexity index is 627. The highest BCUT2D eigenvalue weighted by Gasteiger charge is 2.08. The van der Waals surface area contributed by atoms with Crippen molar-refractivity contribution in [3.05, 3.63) is 54.4 Å². The van der Waals surface area contributed by atoms with E-state index in [1.165, 1.54) is 0 Å². The molecule has 18 heavy (non-hydrogen) atoms. The number of nitrogens with zero attached hydrogens (tertiary/aromatic N) is 2. The van der Waals surface area contributed by atoms with E-state index in [-0.39, 0.29) is 5.75 Å². The second-order valence-electron chi connectivity index (χ2n) is 3.90. The third kappa shape index (κ3) is 2.10. The van der Waals surface area contributed by atoms with Crippen molar-refractivity contribution < 1.29 is 9.52 Å². The first-order valence-electron chi connectivity index (χ1n) is 5.53. The molecule has 90 valence electrons. The van der Waals surface area contributed by atoms with Gasteiger partial charge in [-0.25, -0.2) is 9.97 Å². The Kier molecular flexibility index (Phi) is 2.57. The quantitative estimate of drug-likeness (QED) is 0.738. The number of aromatic nitrogens is 3. The lowest BCUT2D eigenvalue weighted by Crippen LogP contribution is -1.90. The molecule has 0 unspecified atom stereocenters. The average Bonchev–Trinajstić information content (AvgIpc) is 3.02. The fraction of sp³-hybridized carbons (Fsp3) is 0.0769. The number of hydrogen-bond donors (Lipinski definition) is 2. The smallest absolute Gasteiger partial charge is 0.226 e. The van der Waals surface area contributed by atoms with Crippen LogP contribution in [0.15, 0.2) is 47.3 Å². The number of phenols is 1. The Balaban J connectivity index is 1.83. The Labute approximate surface area is 103 Å². The maximum atomic E-state index is 9.22. The van der Waals surface area contributed by atoms with Crippen LogP contribution < -0.4 is 0 Å². The summed E-state index contributed by atoms with van der Waals surface area (Å²) in [7, 11) is 0. The van der Waals surface area contributed by atoms with Gasteiger partial charge in [-0.3, -0.25) is 0 Å². The van der Waals surface area contributed by atoms with E-state index in [1.54, 1.807) is 42.9 Å². The summed E-state index contributed by atoms with van der Waals surface area (Å²) in [6, 6.07) is 6.73. The minimum Gasteiger partial charge on any atom is -0.508 e. The molecule has 1 aromatic carbocycles. The molecule has 0 aliphatic rings. The third-order valence-electron chi connectivity index (χ3n) is 2.57. The number of rotatable bonds is 3. The van der Waals surface area contributed by atoms with Gasteiger partial charge in [0.25, 0.3) is 0 Å². The van der Waals surface area contributed by atoms with Gasteiger partial charge < -0.3 is 14.5 Å². The number of aromatic hydroxyl groups is 1. The van der Waals surface area contributed by atoms with Gasteiger partial charge in [0.05, 0.1) is 12.1 Å². The fourth-order valence-corrected chi connectivity index (χ4v) is 1.69. The molecular weight excluding hydrogens is 230 g/mol. The van der Waals surface area contributed by atoms with Gasteiger partial charge in [-0.05, 0) is 24.3 Å². The summed E-state index contributed by atoms with van der Waals surface area (Å²) in [5, 5.41) is 9.22. The summed E-state index contributed by atoms with van der Waals surface area (Å²) in [4.78, 5) is 11.5. The van der Waals surface area contributed by atoms with E-state index in [0.717, 1.165) is 17.1 Å². The lowest BCUT2D eigenvalue weighted by Gasteiger charge is -1.95. The summed E-state index contributed by atoms with van der Waals surface area (Å²) in [5.74, 6) is 1.61. The maximum absolute atomic E-state index is 9.22. The molecule has 0 saturated carbocycles. The molecule has 5 nitrogen and oxygen atoms in total. The summed E-state index contributed by atoms with van der Waals surface area (Å²) in [6.07, 6.45) is 5.70. The first kappa shape index (κ1) is 10.6. The number of benzene rings is 1. The highest BCUT2D eigenvalue weighted by molar-refractivity contribution is 5.54. The summed E-state index contributed by atoms with van der Waals surface area (Å²) in [5.41, 5.74) is 1.64. The van der Waals surface area contributed by atoms with E-state index < -0.39 is 0 Å². The molecule has 0 bridgehead atoms. The first-order valence-corrected chi connectivity index (χ1v) is 5.53. The predicted octanol–water partition coefficient (Wildman–Crippen LogP) is 2.36. The molecule has 2 heterocycles. The van der Waals surface area contributed by atoms with Gasteiger partial charge in [0.1, 0.15) is 17.8 Å². The Hall–Kier alpha value is -2.56. The van der Waals surface area contributed by atoms with Crippen LogP contribution in [0.5, 0.6) is 5.75 Å². The number of phenolic OH excluding ortho intramolecular Hbond substituents is 1. The summed E-state index contributed by atoms with van der Waals surface area (Å²) in [6.45, 7) is 0. The fourth-order valence-electron chi connectivity index (χ4n) is 1.69. The molecule has 0 fully saturated rings. The molecule has 3 rings (SSSR count). The molecular formula is C13H11N3O2. The van der Waals surface area contributed by atoms with Gasteiger partial charge in [0, 0.05) is 18.0 Å². The number of imidazole rings is 1. The van der Waals surface area contributed by atoms with Gasteiger partial charge in [0.15, 0.2) is 0 Å². The van der Waals surface area contributed by atoms with Crippen LogP contribution in [-0.4, -0.2) is 20.1 Å². The molecule has 0 saturated heterocycles. The zero-order valence-electron chi connectivity index (χ0n) is 9.50. The van der Waals surface area contributed by atoms with Crippen molar-refractivity contribution in [2.45, 2.75) is 6.42 Å². The second kappa shape index (κ2) is 4.37. The number of H-pyrrole nitrogens is 1. The molecule has 0 aliphatic heterocycles. The number of hydrogen-bond acceptors (Lipinski definition) is 4. The van der Waals surface area contributed by atoms with Gasteiger partial charge in [-0.2, -0.15) is 0 Å². The van der Waals surface area contributed by atoms with Crippen LogP contribution in [-0.2, 0) is 6.42 Å². The lowest BCUT2D eigenvalue weighted by atomic mass is 10.2. The van der Waals surface area contributed by atoms with Crippen molar-refractivity contribution in [1.29, 1.82) is 0 Å². The van der Waals surface area contributed by atoms with E-state index >= 15 is 0 Å². The molecule has 3 aromatic rings. The van der Waals surface area contributed by atoms with Crippen molar-refractivity contribution in [3.8, 4) is 17.2 Å². The van der Waals surface area contributed by atoms with Crippen LogP contribution in [0.3, 0.4) is 0 Å². The van der Waals surface area contributed by atoms with E-state index in [0.29, 0.717) is 12.3 Å². The molecule has 0 spiro atoms. The average molecular weight is 241 g/mol. The van der Waals surface area contributed by atoms with Gasteiger partial charge in [0.2, 0.25) is 5.89 Å². The minimum atomic E-state index is 0.223. The molecule has 0 atom stereocenters. The first-order chi connectivity index (χ1) is 8.81. The monoisotopic (exact) mass is 241 g/mol. The van der Waals surface area contributed by atoms with Crippen molar-refractivity contribution in [1.82, 2.24) is 15.0 Å². The van der Waals surface area contributed by atoms with Crippen molar-refractivity contribution in [2.75, 3.05) is 0 Å². The van der Waals surface area contributed by atoms with E-state index in [9.17, 15) is 5.11 Å². The van der Waals surface area contributed by atoms with Crippen molar-refractivity contribution >= 4 is 0 Å². The highest BCUT2D eigenvalue weighted by atomic mass is 16.3. The minimum absolute atomic E-state index is 0.223. The van der Waals surface area contributed by atoms with Crippen LogP contribution in [0, 0.1) is 0 Å².